The standard InChI is InChI=1S/C15H17F3N6O2/c1-4-23-6-9(8(3)22-23)11-10(13(25)26-5-2)12(15(16,17)18)21-14-19-7-20-24(11)14/h6-7,11H,4-5H2,1-3H3,(H,19,20,21)/t11-/m0/s1. The molecule has 2 aromatic heterocycles. The topological polar surface area (TPSA) is 86.9 Å². The minimum atomic E-state index is -4.80. The summed E-state index contributed by atoms with van der Waals surface area (Å²) in [5.41, 5.74) is -0.866. The van der Waals surface area contributed by atoms with Gasteiger partial charge in [-0.25, -0.2) is 9.48 Å². The number of alkyl halides is 3. The average Bonchev–Trinajstić information content (AvgIpc) is 3.18. The van der Waals surface area contributed by atoms with Crippen LogP contribution >= 0.6 is 0 Å². The summed E-state index contributed by atoms with van der Waals surface area (Å²) in [6.07, 6.45) is -2.08. The van der Waals surface area contributed by atoms with Crippen molar-refractivity contribution in [1.29, 1.82) is 0 Å². The molecule has 0 unspecified atom stereocenters. The first-order valence-electron chi connectivity index (χ1n) is 7.96. The van der Waals surface area contributed by atoms with Crippen LogP contribution < -0.4 is 5.32 Å². The zero-order chi connectivity index (χ0) is 19.1. The van der Waals surface area contributed by atoms with Crippen LogP contribution in [0.3, 0.4) is 0 Å². The van der Waals surface area contributed by atoms with E-state index in [1.165, 1.54) is 11.6 Å². The Kier molecular flexibility index (Phi) is 4.46. The highest BCUT2D eigenvalue weighted by molar-refractivity contribution is 5.92. The maximum absolute atomic E-state index is 13.6. The Balaban J connectivity index is 2.27. The maximum Gasteiger partial charge on any atom is 0.431 e. The summed E-state index contributed by atoms with van der Waals surface area (Å²) in [5.74, 6) is -1.18. The Morgan fingerprint density at radius 1 is 1.38 bits per heavy atom. The second-order valence-corrected chi connectivity index (χ2v) is 5.59. The number of allylic oxidation sites excluding steroid dienone is 1. The molecular weight excluding hydrogens is 353 g/mol. The van der Waals surface area contributed by atoms with Gasteiger partial charge in [-0.2, -0.15) is 28.4 Å². The number of ether oxygens (including phenoxy) is 1. The van der Waals surface area contributed by atoms with Crippen LogP contribution in [-0.4, -0.2) is 43.3 Å². The van der Waals surface area contributed by atoms with Crippen LogP contribution in [0.25, 0.3) is 0 Å². The predicted octanol–water partition coefficient (Wildman–Crippen LogP) is 2.20. The zero-order valence-corrected chi connectivity index (χ0v) is 14.3. The number of rotatable bonds is 4. The van der Waals surface area contributed by atoms with Crippen molar-refractivity contribution in [2.45, 2.75) is 39.5 Å². The van der Waals surface area contributed by atoms with Gasteiger partial charge in [0.25, 0.3) is 0 Å². The lowest BCUT2D eigenvalue weighted by atomic mass is 9.95. The first-order chi connectivity index (χ1) is 12.3. The van der Waals surface area contributed by atoms with Crippen LogP contribution in [0.4, 0.5) is 19.1 Å². The van der Waals surface area contributed by atoms with E-state index in [4.69, 9.17) is 4.74 Å². The average molecular weight is 370 g/mol. The zero-order valence-electron chi connectivity index (χ0n) is 14.3. The summed E-state index contributed by atoms with van der Waals surface area (Å²) in [4.78, 5) is 16.3. The highest BCUT2D eigenvalue weighted by Crippen LogP contribution is 2.41. The third kappa shape index (κ3) is 2.93. The molecule has 1 aliphatic heterocycles. The molecular formula is C15H17F3N6O2. The van der Waals surface area contributed by atoms with Crippen molar-refractivity contribution in [1.82, 2.24) is 24.5 Å². The fourth-order valence-electron chi connectivity index (χ4n) is 2.86. The molecule has 0 saturated carbocycles. The number of carbonyl (C=O) groups excluding carboxylic acids is 1. The number of aromatic nitrogens is 5. The number of anilines is 1. The fourth-order valence-corrected chi connectivity index (χ4v) is 2.86. The minimum Gasteiger partial charge on any atom is -0.463 e. The van der Waals surface area contributed by atoms with Crippen molar-refractivity contribution in [2.24, 2.45) is 0 Å². The molecule has 140 valence electrons. The Labute approximate surface area is 146 Å². The third-order valence-electron chi connectivity index (χ3n) is 3.98. The molecule has 11 heteroatoms. The van der Waals surface area contributed by atoms with Crippen LogP contribution in [0.5, 0.6) is 0 Å². The lowest BCUT2D eigenvalue weighted by Crippen LogP contribution is -2.35. The summed E-state index contributed by atoms with van der Waals surface area (Å²) in [7, 11) is 0. The van der Waals surface area contributed by atoms with E-state index < -0.39 is 29.5 Å². The number of nitrogens with zero attached hydrogens (tertiary/aromatic N) is 5. The molecule has 1 atom stereocenters. The van der Waals surface area contributed by atoms with Crippen LogP contribution in [0, 0.1) is 6.92 Å². The van der Waals surface area contributed by atoms with E-state index in [1.807, 2.05) is 6.92 Å². The van der Waals surface area contributed by atoms with Crippen molar-refractivity contribution >= 4 is 11.9 Å². The van der Waals surface area contributed by atoms with Crippen molar-refractivity contribution in [3.8, 4) is 0 Å². The fraction of sp³-hybridized carbons (Fsp3) is 0.467. The monoisotopic (exact) mass is 370 g/mol. The number of esters is 1. The van der Waals surface area contributed by atoms with E-state index >= 15 is 0 Å². The van der Waals surface area contributed by atoms with Gasteiger partial charge < -0.3 is 10.1 Å². The molecule has 0 aromatic carbocycles. The van der Waals surface area contributed by atoms with Crippen molar-refractivity contribution in [3.63, 3.8) is 0 Å². The van der Waals surface area contributed by atoms with E-state index in [0.29, 0.717) is 17.8 Å². The number of aryl methyl sites for hydroxylation is 2. The third-order valence-corrected chi connectivity index (χ3v) is 3.98. The normalized spacial score (nSPS) is 17.1. The number of carbonyl (C=O) groups is 1. The molecule has 26 heavy (non-hydrogen) atoms. The minimum absolute atomic E-state index is 0.0579. The Bertz CT molecular complexity index is 867. The maximum atomic E-state index is 13.6. The van der Waals surface area contributed by atoms with E-state index in [2.05, 4.69) is 20.5 Å². The van der Waals surface area contributed by atoms with Gasteiger partial charge in [0.05, 0.1) is 17.9 Å². The number of hydrogen-bond donors (Lipinski definition) is 1. The summed E-state index contributed by atoms with van der Waals surface area (Å²) in [5, 5.41) is 10.4. The van der Waals surface area contributed by atoms with Crippen molar-refractivity contribution in [2.75, 3.05) is 11.9 Å². The Morgan fingerprint density at radius 3 is 2.69 bits per heavy atom. The summed E-state index contributed by atoms with van der Waals surface area (Å²) in [6.45, 7) is 5.51. The SMILES string of the molecule is CCOC(=O)C1=C(C(F)(F)F)Nc2ncnn2[C@H]1c1cn(CC)nc1C. The first-order valence-corrected chi connectivity index (χ1v) is 7.96. The lowest BCUT2D eigenvalue weighted by Gasteiger charge is -2.29. The lowest BCUT2D eigenvalue weighted by molar-refractivity contribution is -0.140. The van der Waals surface area contributed by atoms with Crippen molar-refractivity contribution < 1.29 is 22.7 Å². The summed E-state index contributed by atoms with van der Waals surface area (Å²) in [6, 6.07) is -1.15. The molecule has 0 bridgehead atoms. The van der Waals surface area contributed by atoms with Gasteiger partial charge in [0, 0.05) is 18.3 Å². The second-order valence-electron chi connectivity index (χ2n) is 5.59. The number of nitrogens with one attached hydrogen (secondary N) is 1. The van der Waals surface area contributed by atoms with Crippen LogP contribution in [-0.2, 0) is 16.1 Å². The molecule has 0 amide bonds. The smallest absolute Gasteiger partial charge is 0.431 e. The summed E-state index contributed by atoms with van der Waals surface area (Å²) >= 11 is 0. The summed E-state index contributed by atoms with van der Waals surface area (Å²) < 4.78 is 48.6. The van der Waals surface area contributed by atoms with E-state index in [9.17, 15) is 18.0 Å². The molecule has 0 radical (unpaired) electrons. The van der Waals surface area contributed by atoms with Gasteiger partial charge in [-0.15, -0.1) is 0 Å². The molecule has 2 aromatic rings. The highest BCUT2D eigenvalue weighted by atomic mass is 19.4. The number of hydrogen-bond acceptors (Lipinski definition) is 6. The van der Waals surface area contributed by atoms with Gasteiger partial charge >= 0.3 is 12.1 Å². The second kappa shape index (κ2) is 6.46. The molecule has 0 saturated heterocycles. The van der Waals surface area contributed by atoms with Gasteiger partial charge in [-0.05, 0) is 20.8 Å². The van der Waals surface area contributed by atoms with Crippen LogP contribution in [0.1, 0.15) is 31.1 Å². The molecule has 3 rings (SSSR count). The first kappa shape index (κ1) is 18.0. The molecule has 1 aliphatic rings. The molecule has 1 N–H and O–H groups in total. The molecule has 8 nitrogen and oxygen atoms in total. The largest absolute Gasteiger partial charge is 0.463 e. The van der Waals surface area contributed by atoms with E-state index in [1.54, 1.807) is 17.8 Å². The van der Waals surface area contributed by atoms with Crippen LogP contribution in [0.15, 0.2) is 23.8 Å². The van der Waals surface area contributed by atoms with Crippen molar-refractivity contribution in [3.05, 3.63) is 35.1 Å². The van der Waals surface area contributed by atoms with Gasteiger partial charge in [0.2, 0.25) is 5.95 Å². The number of fused-ring (bicyclic) bond motifs is 1. The van der Waals surface area contributed by atoms with Gasteiger partial charge in [-0.3, -0.25) is 4.68 Å². The predicted molar refractivity (Wildman–Crippen MR) is 84.1 cm³/mol. The van der Waals surface area contributed by atoms with Gasteiger partial charge in [0.15, 0.2) is 0 Å². The highest BCUT2D eigenvalue weighted by Gasteiger charge is 2.47. The molecule has 3 heterocycles. The molecule has 0 aliphatic carbocycles. The van der Waals surface area contributed by atoms with Gasteiger partial charge in [-0.1, -0.05) is 0 Å². The Hall–Kier alpha value is -2.85. The Morgan fingerprint density at radius 2 is 2.12 bits per heavy atom. The van der Waals surface area contributed by atoms with Gasteiger partial charge in [0.1, 0.15) is 18.1 Å². The van der Waals surface area contributed by atoms with Crippen LogP contribution in [0.2, 0.25) is 0 Å². The van der Waals surface area contributed by atoms with E-state index in [0.717, 1.165) is 6.33 Å². The number of halogens is 3. The quantitative estimate of drug-likeness (QED) is 0.831. The van der Waals surface area contributed by atoms with E-state index in [-0.39, 0.29) is 12.6 Å². The molecule has 0 fully saturated rings. The molecule has 0 spiro atoms.